The van der Waals surface area contributed by atoms with Crippen molar-refractivity contribution in [3.05, 3.63) is 0 Å². The minimum Gasteiger partial charge on any atom is -0.467 e. The molecule has 1 saturated heterocycles. The number of hydrogen-bond acceptors (Lipinski definition) is 4. The number of morpholine rings is 1. The number of hydrogen-bond donors (Lipinski definition) is 1. The summed E-state index contributed by atoms with van der Waals surface area (Å²) >= 11 is 0. The molecule has 0 aliphatic carbocycles. The Balaban J connectivity index is 2.51. The number of methoxy groups -OCH3 is 1. The third kappa shape index (κ3) is 2.32. The van der Waals surface area contributed by atoms with E-state index in [-0.39, 0.29) is 13.2 Å². The Morgan fingerprint density at radius 2 is 2.31 bits per heavy atom. The smallest absolute Gasteiger partial charge is 0.407 e. The standard InChI is InChI=1S/C7H11NO5/c1-12-6(9)5-4-8(7(10)11)2-3-13-5/h5H,2-4H2,1H3,(H,10,11). The molecule has 1 aliphatic heterocycles. The van der Waals surface area contributed by atoms with Gasteiger partial charge in [0.15, 0.2) is 6.10 Å². The molecule has 1 atom stereocenters. The highest BCUT2D eigenvalue weighted by molar-refractivity contribution is 5.76. The van der Waals surface area contributed by atoms with Crippen molar-refractivity contribution in [2.45, 2.75) is 6.10 Å². The van der Waals surface area contributed by atoms with Crippen LogP contribution in [0.3, 0.4) is 0 Å². The number of carbonyl (C=O) groups excluding carboxylic acids is 1. The molecule has 6 nitrogen and oxygen atoms in total. The van der Waals surface area contributed by atoms with Crippen LogP contribution in [0.1, 0.15) is 0 Å². The first-order valence-electron chi connectivity index (χ1n) is 3.82. The average Bonchev–Trinajstić information content (AvgIpc) is 2.17. The van der Waals surface area contributed by atoms with E-state index in [2.05, 4.69) is 4.74 Å². The summed E-state index contributed by atoms with van der Waals surface area (Å²) in [4.78, 5) is 22.6. The maximum Gasteiger partial charge on any atom is 0.407 e. The zero-order chi connectivity index (χ0) is 9.84. The number of esters is 1. The van der Waals surface area contributed by atoms with E-state index in [1.807, 2.05) is 0 Å². The van der Waals surface area contributed by atoms with Gasteiger partial charge in [-0.05, 0) is 0 Å². The predicted molar refractivity (Wildman–Crippen MR) is 41.4 cm³/mol. The maximum absolute atomic E-state index is 11.0. The molecule has 6 heteroatoms. The van der Waals surface area contributed by atoms with Gasteiger partial charge in [0.1, 0.15) is 0 Å². The lowest BCUT2D eigenvalue weighted by Crippen LogP contribution is -2.48. The average molecular weight is 189 g/mol. The molecule has 1 fully saturated rings. The summed E-state index contributed by atoms with van der Waals surface area (Å²) in [6.45, 7) is 0.566. The fourth-order valence-corrected chi connectivity index (χ4v) is 1.10. The summed E-state index contributed by atoms with van der Waals surface area (Å²) in [6, 6.07) is 0. The van der Waals surface area contributed by atoms with E-state index in [9.17, 15) is 9.59 Å². The summed E-state index contributed by atoms with van der Waals surface area (Å²) in [5.74, 6) is -0.536. The number of ether oxygens (including phenoxy) is 2. The second kappa shape index (κ2) is 4.08. The van der Waals surface area contributed by atoms with E-state index in [4.69, 9.17) is 9.84 Å². The molecule has 1 heterocycles. The van der Waals surface area contributed by atoms with Crippen molar-refractivity contribution in [1.29, 1.82) is 0 Å². The Bertz CT molecular complexity index is 217. The van der Waals surface area contributed by atoms with E-state index in [0.717, 1.165) is 4.90 Å². The summed E-state index contributed by atoms with van der Waals surface area (Å²) in [5.41, 5.74) is 0. The Labute approximate surface area is 75.0 Å². The second-order valence-corrected chi connectivity index (χ2v) is 2.61. The zero-order valence-corrected chi connectivity index (χ0v) is 7.23. The fraction of sp³-hybridized carbons (Fsp3) is 0.714. The van der Waals surface area contributed by atoms with Crippen LogP contribution < -0.4 is 0 Å². The van der Waals surface area contributed by atoms with Crippen molar-refractivity contribution < 1.29 is 24.2 Å². The molecule has 1 rings (SSSR count). The molecule has 1 N–H and O–H groups in total. The molecule has 0 spiro atoms. The first kappa shape index (κ1) is 9.79. The van der Waals surface area contributed by atoms with Crippen LogP contribution >= 0.6 is 0 Å². The van der Waals surface area contributed by atoms with E-state index in [0.29, 0.717) is 6.54 Å². The van der Waals surface area contributed by atoms with Crippen LogP contribution in [0.2, 0.25) is 0 Å². The van der Waals surface area contributed by atoms with Gasteiger partial charge >= 0.3 is 12.1 Å². The Morgan fingerprint density at radius 3 is 2.85 bits per heavy atom. The SMILES string of the molecule is COC(=O)C1CN(C(=O)O)CCO1. The van der Waals surface area contributed by atoms with E-state index in [1.165, 1.54) is 7.11 Å². The zero-order valence-electron chi connectivity index (χ0n) is 7.23. The van der Waals surface area contributed by atoms with Crippen LogP contribution in [0.25, 0.3) is 0 Å². The molecule has 0 aromatic rings. The van der Waals surface area contributed by atoms with Gasteiger partial charge in [0.05, 0.1) is 20.3 Å². The number of amides is 1. The molecule has 1 unspecified atom stereocenters. The first-order chi connectivity index (χ1) is 6.15. The number of rotatable bonds is 1. The molecule has 0 bridgehead atoms. The van der Waals surface area contributed by atoms with Gasteiger partial charge in [0.2, 0.25) is 0 Å². The molecule has 0 radical (unpaired) electrons. The topological polar surface area (TPSA) is 76.1 Å². The van der Waals surface area contributed by atoms with Crippen molar-refractivity contribution in [2.75, 3.05) is 26.8 Å². The minimum atomic E-state index is -1.04. The van der Waals surface area contributed by atoms with Crippen LogP contribution in [0.4, 0.5) is 4.79 Å². The summed E-state index contributed by atoms with van der Waals surface area (Å²) in [7, 11) is 1.24. The summed E-state index contributed by atoms with van der Waals surface area (Å²) in [5, 5.41) is 8.63. The third-order valence-electron chi connectivity index (χ3n) is 1.80. The molecular formula is C7H11NO5. The lowest BCUT2D eigenvalue weighted by atomic mass is 10.3. The van der Waals surface area contributed by atoms with Gasteiger partial charge in [0.25, 0.3) is 0 Å². The van der Waals surface area contributed by atoms with Crippen molar-refractivity contribution in [1.82, 2.24) is 4.90 Å². The number of carboxylic acid groups (broad SMARTS) is 1. The van der Waals surface area contributed by atoms with Crippen LogP contribution in [0.15, 0.2) is 0 Å². The third-order valence-corrected chi connectivity index (χ3v) is 1.80. The first-order valence-corrected chi connectivity index (χ1v) is 3.82. The largest absolute Gasteiger partial charge is 0.467 e. The highest BCUT2D eigenvalue weighted by Crippen LogP contribution is 2.06. The predicted octanol–water partition coefficient (Wildman–Crippen LogP) is -0.462. The quantitative estimate of drug-likeness (QED) is 0.565. The van der Waals surface area contributed by atoms with Gasteiger partial charge in [-0.25, -0.2) is 9.59 Å². The fourth-order valence-electron chi connectivity index (χ4n) is 1.10. The Kier molecular flexibility index (Phi) is 3.07. The molecule has 1 amide bonds. The number of nitrogens with zero attached hydrogens (tertiary/aromatic N) is 1. The summed E-state index contributed by atoms with van der Waals surface area (Å²) in [6.07, 6.45) is -1.83. The van der Waals surface area contributed by atoms with E-state index in [1.54, 1.807) is 0 Å². The molecule has 0 aromatic carbocycles. The van der Waals surface area contributed by atoms with E-state index >= 15 is 0 Å². The van der Waals surface area contributed by atoms with E-state index < -0.39 is 18.2 Å². The van der Waals surface area contributed by atoms with Gasteiger partial charge in [-0.3, -0.25) is 0 Å². The monoisotopic (exact) mass is 189 g/mol. The molecule has 74 valence electrons. The second-order valence-electron chi connectivity index (χ2n) is 2.61. The van der Waals surface area contributed by atoms with Crippen LogP contribution in [-0.4, -0.2) is 55.0 Å². The summed E-state index contributed by atoms with van der Waals surface area (Å²) < 4.78 is 9.47. The van der Waals surface area contributed by atoms with Crippen LogP contribution in [0.5, 0.6) is 0 Å². The van der Waals surface area contributed by atoms with Gasteiger partial charge in [-0.1, -0.05) is 0 Å². The van der Waals surface area contributed by atoms with Crippen molar-refractivity contribution in [3.8, 4) is 0 Å². The molecule has 0 saturated carbocycles. The minimum absolute atomic E-state index is 0.0437. The van der Waals surface area contributed by atoms with Gasteiger partial charge in [-0.2, -0.15) is 0 Å². The number of carbonyl (C=O) groups is 2. The molecular weight excluding hydrogens is 178 g/mol. The lowest BCUT2D eigenvalue weighted by Gasteiger charge is -2.29. The van der Waals surface area contributed by atoms with Gasteiger partial charge in [0, 0.05) is 6.54 Å². The molecule has 13 heavy (non-hydrogen) atoms. The van der Waals surface area contributed by atoms with Crippen LogP contribution in [0, 0.1) is 0 Å². The van der Waals surface area contributed by atoms with Crippen molar-refractivity contribution >= 4 is 12.1 Å². The normalized spacial score (nSPS) is 22.5. The van der Waals surface area contributed by atoms with Crippen LogP contribution in [-0.2, 0) is 14.3 Å². The lowest BCUT2D eigenvalue weighted by molar-refractivity contribution is -0.158. The van der Waals surface area contributed by atoms with Crippen molar-refractivity contribution in [3.63, 3.8) is 0 Å². The van der Waals surface area contributed by atoms with Gasteiger partial charge in [-0.15, -0.1) is 0 Å². The molecule has 1 aliphatic rings. The van der Waals surface area contributed by atoms with Crippen molar-refractivity contribution in [2.24, 2.45) is 0 Å². The van der Waals surface area contributed by atoms with Gasteiger partial charge < -0.3 is 19.5 Å². The highest BCUT2D eigenvalue weighted by Gasteiger charge is 2.29. The Hall–Kier alpha value is -1.30. The molecule has 0 aromatic heterocycles. The maximum atomic E-state index is 11.0. The Morgan fingerprint density at radius 1 is 1.62 bits per heavy atom. The highest BCUT2D eigenvalue weighted by atomic mass is 16.6.